The average molecular weight is 457 g/mol. The van der Waals surface area contributed by atoms with Gasteiger partial charge in [0.1, 0.15) is 6.61 Å². The topological polar surface area (TPSA) is 97.3 Å². The predicted molar refractivity (Wildman–Crippen MR) is 122 cm³/mol. The molecule has 8 heteroatoms. The summed E-state index contributed by atoms with van der Waals surface area (Å²) in [6.07, 6.45) is 3.08. The third kappa shape index (κ3) is 6.22. The van der Waals surface area contributed by atoms with Gasteiger partial charge >= 0.3 is 0 Å². The maximum Gasteiger partial charge on any atom is 0.246 e. The van der Waals surface area contributed by atoms with Crippen molar-refractivity contribution in [1.29, 1.82) is 0 Å². The number of nitrogens with zero attached hydrogens (tertiary/aromatic N) is 1. The fourth-order valence-electron chi connectivity index (χ4n) is 6.08. The van der Waals surface area contributed by atoms with Crippen LogP contribution in [0.15, 0.2) is 0 Å². The van der Waals surface area contributed by atoms with Gasteiger partial charge in [0.05, 0.1) is 19.3 Å². The normalized spacial score (nSPS) is 33.3. The number of methoxy groups -OCH3 is 3. The molecule has 2 amide bonds. The van der Waals surface area contributed by atoms with Crippen molar-refractivity contribution in [3.63, 3.8) is 0 Å². The number of ether oxygens (including phenoxy) is 3. The molecule has 2 N–H and O–H groups in total. The van der Waals surface area contributed by atoms with Crippen LogP contribution < -0.4 is 5.32 Å². The first-order valence-corrected chi connectivity index (χ1v) is 11.9. The molecule has 0 bridgehead atoms. The molecule has 0 heterocycles. The summed E-state index contributed by atoms with van der Waals surface area (Å²) in [6, 6.07) is 0.00929. The van der Waals surface area contributed by atoms with Gasteiger partial charge in [-0.2, -0.15) is 0 Å². The highest BCUT2D eigenvalue weighted by atomic mass is 16.5. The highest BCUT2D eigenvalue weighted by Crippen LogP contribution is 2.55. The van der Waals surface area contributed by atoms with Gasteiger partial charge in [-0.3, -0.25) is 9.59 Å². The Morgan fingerprint density at radius 3 is 2.25 bits per heavy atom. The number of carbonyl (C=O) groups is 2. The Hall–Kier alpha value is -1.22. The number of aliphatic hydroxyl groups excluding tert-OH is 1. The summed E-state index contributed by atoms with van der Waals surface area (Å²) in [4.78, 5) is 27.2. The molecule has 186 valence electrons. The molecule has 0 aromatic rings. The highest BCUT2D eigenvalue weighted by molar-refractivity contribution is 5.79. The number of carbonyl (C=O) groups excluding carboxylic acids is 2. The molecular formula is C24H44N2O6. The van der Waals surface area contributed by atoms with Gasteiger partial charge in [-0.05, 0) is 48.9 Å². The van der Waals surface area contributed by atoms with E-state index >= 15 is 0 Å². The second-order valence-corrected chi connectivity index (χ2v) is 9.98. The van der Waals surface area contributed by atoms with Crippen LogP contribution in [-0.2, 0) is 23.8 Å². The zero-order valence-corrected chi connectivity index (χ0v) is 20.8. The van der Waals surface area contributed by atoms with Crippen LogP contribution in [0.1, 0.15) is 46.5 Å². The third-order valence-electron chi connectivity index (χ3n) is 7.98. The van der Waals surface area contributed by atoms with E-state index in [9.17, 15) is 14.7 Å². The van der Waals surface area contributed by atoms with E-state index in [-0.39, 0.29) is 53.5 Å². The first-order valence-electron chi connectivity index (χ1n) is 11.9. The molecule has 2 saturated carbocycles. The minimum Gasteiger partial charge on any atom is -0.392 e. The van der Waals surface area contributed by atoms with E-state index in [4.69, 9.17) is 14.2 Å². The van der Waals surface area contributed by atoms with Crippen molar-refractivity contribution >= 4 is 11.8 Å². The first-order chi connectivity index (χ1) is 15.2. The number of aliphatic hydroxyl groups is 1. The molecule has 2 aliphatic carbocycles. The lowest BCUT2D eigenvalue weighted by atomic mass is 9.51. The van der Waals surface area contributed by atoms with Crippen molar-refractivity contribution < 1.29 is 28.9 Å². The van der Waals surface area contributed by atoms with Crippen molar-refractivity contribution in [2.45, 2.75) is 58.6 Å². The molecule has 0 unspecified atom stereocenters. The van der Waals surface area contributed by atoms with Gasteiger partial charge in [0, 0.05) is 46.4 Å². The molecule has 2 fully saturated rings. The summed E-state index contributed by atoms with van der Waals surface area (Å²) in [5.41, 5.74) is 0.0202. The van der Waals surface area contributed by atoms with E-state index < -0.39 is 6.10 Å². The SMILES string of the molecule is COCCN(CCOC)C(=O)[C@@H](C)[C@@H]1CC[C@@]2(C)CC[C@H](NC(=O)COC)[C@@H](C)[C@@H]2[C@H]1O. The van der Waals surface area contributed by atoms with Gasteiger partial charge in [-0.15, -0.1) is 0 Å². The first kappa shape index (κ1) is 27.0. The summed E-state index contributed by atoms with van der Waals surface area (Å²) >= 11 is 0. The van der Waals surface area contributed by atoms with Crippen LogP contribution in [0, 0.1) is 29.1 Å². The molecule has 2 aliphatic rings. The Morgan fingerprint density at radius 2 is 1.69 bits per heavy atom. The monoisotopic (exact) mass is 456 g/mol. The summed E-state index contributed by atoms with van der Waals surface area (Å²) in [5, 5.41) is 14.6. The van der Waals surface area contributed by atoms with Crippen LogP contribution in [0.3, 0.4) is 0 Å². The average Bonchev–Trinajstić information content (AvgIpc) is 2.75. The number of nitrogens with one attached hydrogen (secondary N) is 1. The molecule has 2 rings (SSSR count). The number of rotatable bonds is 11. The van der Waals surface area contributed by atoms with Crippen molar-refractivity contribution in [1.82, 2.24) is 10.2 Å². The largest absolute Gasteiger partial charge is 0.392 e. The van der Waals surface area contributed by atoms with Crippen LogP contribution >= 0.6 is 0 Å². The van der Waals surface area contributed by atoms with Crippen LogP contribution in [-0.4, -0.2) is 88.2 Å². The minimum absolute atomic E-state index is 0.00929. The number of hydrogen-bond acceptors (Lipinski definition) is 6. The van der Waals surface area contributed by atoms with Gasteiger partial charge in [-0.25, -0.2) is 0 Å². The Labute approximate surface area is 193 Å². The standard InChI is InChI=1S/C24H44N2O6/c1-16(23(29)26(11-13-30-4)12-14-31-5)18-7-9-24(3)10-8-19(25-20(27)15-32-6)17(2)21(24)22(18)28/h16-19,21-22,28H,7-15H2,1-6H3,(H,25,27)/t16-,17+,18-,19-,21+,22-,24-/m0/s1. The van der Waals surface area contributed by atoms with Crippen LogP contribution in [0.5, 0.6) is 0 Å². The Balaban J connectivity index is 2.14. The van der Waals surface area contributed by atoms with Gasteiger partial charge in [-0.1, -0.05) is 20.8 Å². The molecule has 0 aliphatic heterocycles. The molecule has 32 heavy (non-hydrogen) atoms. The second kappa shape index (κ2) is 12.3. The van der Waals surface area contributed by atoms with Crippen molar-refractivity contribution in [3.8, 4) is 0 Å². The summed E-state index contributed by atoms with van der Waals surface area (Å²) in [5.74, 6) is -0.328. The minimum atomic E-state index is -0.587. The quantitative estimate of drug-likeness (QED) is 0.491. The lowest BCUT2D eigenvalue weighted by Gasteiger charge is -2.56. The van der Waals surface area contributed by atoms with Crippen molar-refractivity contribution in [2.75, 3.05) is 54.2 Å². The zero-order valence-electron chi connectivity index (χ0n) is 20.8. The van der Waals surface area contributed by atoms with Gasteiger partial charge in [0.15, 0.2) is 0 Å². The Morgan fingerprint density at radius 1 is 1.09 bits per heavy atom. The number of hydrogen-bond donors (Lipinski definition) is 2. The number of fused-ring (bicyclic) bond motifs is 1. The molecule has 0 aromatic heterocycles. The fraction of sp³-hybridized carbons (Fsp3) is 0.917. The smallest absolute Gasteiger partial charge is 0.246 e. The maximum absolute atomic E-state index is 13.3. The highest BCUT2D eigenvalue weighted by Gasteiger charge is 2.54. The summed E-state index contributed by atoms with van der Waals surface area (Å²) < 4.78 is 15.3. The fourth-order valence-corrected chi connectivity index (χ4v) is 6.08. The number of amides is 2. The molecule has 7 atom stereocenters. The summed E-state index contributed by atoms with van der Waals surface area (Å²) in [6.45, 7) is 8.33. The molecular weight excluding hydrogens is 412 g/mol. The third-order valence-corrected chi connectivity index (χ3v) is 7.98. The summed E-state index contributed by atoms with van der Waals surface area (Å²) in [7, 11) is 4.76. The van der Waals surface area contributed by atoms with E-state index in [2.05, 4.69) is 19.2 Å². The van der Waals surface area contributed by atoms with E-state index in [1.165, 1.54) is 7.11 Å². The Kier molecular flexibility index (Phi) is 10.4. The van der Waals surface area contributed by atoms with Crippen LogP contribution in [0.25, 0.3) is 0 Å². The molecule has 8 nitrogen and oxygen atoms in total. The zero-order chi connectivity index (χ0) is 23.9. The molecule has 0 saturated heterocycles. The maximum atomic E-state index is 13.3. The van der Waals surface area contributed by atoms with Crippen LogP contribution in [0.2, 0.25) is 0 Å². The lowest BCUT2D eigenvalue weighted by Crippen LogP contribution is -2.59. The molecule has 0 spiro atoms. The molecule has 0 aromatic carbocycles. The van der Waals surface area contributed by atoms with E-state index in [1.807, 2.05) is 6.92 Å². The lowest BCUT2D eigenvalue weighted by molar-refractivity contribution is -0.152. The van der Waals surface area contributed by atoms with E-state index in [0.717, 1.165) is 25.7 Å². The molecule has 0 radical (unpaired) electrons. The van der Waals surface area contributed by atoms with Gasteiger partial charge in [0.25, 0.3) is 0 Å². The van der Waals surface area contributed by atoms with Crippen molar-refractivity contribution in [3.05, 3.63) is 0 Å². The second-order valence-electron chi connectivity index (χ2n) is 9.98. The van der Waals surface area contributed by atoms with Crippen molar-refractivity contribution in [2.24, 2.45) is 29.1 Å². The Bertz CT molecular complexity index is 609. The van der Waals surface area contributed by atoms with E-state index in [0.29, 0.717) is 26.3 Å². The predicted octanol–water partition coefficient (Wildman–Crippen LogP) is 1.70. The van der Waals surface area contributed by atoms with Gasteiger partial charge < -0.3 is 29.5 Å². The van der Waals surface area contributed by atoms with Gasteiger partial charge in [0.2, 0.25) is 11.8 Å². The van der Waals surface area contributed by atoms with Crippen LogP contribution in [0.4, 0.5) is 0 Å². The van der Waals surface area contributed by atoms with E-state index in [1.54, 1.807) is 19.1 Å².